The van der Waals surface area contributed by atoms with Crippen molar-refractivity contribution < 1.29 is 24.8 Å². The zero-order valence-electron chi connectivity index (χ0n) is 6.44. The van der Waals surface area contributed by atoms with Crippen LogP contribution in [-0.2, 0) is 9.47 Å². The van der Waals surface area contributed by atoms with Gasteiger partial charge in [-0.15, -0.1) is 0 Å². The lowest BCUT2D eigenvalue weighted by Crippen LogP contribution is -2.55. The van der Waals surface area contributed by atoms with Crippen LogP contribution in [0.15, 0.2) is 0 Å². The minimum atomic E-state index is -2.33. The van der Waals surface area contributed by atoms with Crippen LogP contribution in [0.1, 0.15) is 6.92 Å². The summed E-state index contributed by atoms with van der Waals surface area (Å²) in [6, 6.07) is 0. The van der Waals surface area contributed by atoms with Gasteiger partial charge in [0, 0.05) is 7.11 Å². The van der Waals surface area contributed by atoms with E-state index in [-0.39, 0.29) is 6.61 Å². The number of hydrogen-bond acceptors (Lipinski definition) is 5. The molecule has 1 rings (SSSR count). The summed E-state index contributed by atoms with van der Waals surface area (Å²) >= 11 is 0. The molecule has 0 aliphatic carbocycles. The largest absolute Gasteiger partial charge is 0.373 e. The molecule has 0 aromatic rings. The van der Waals surface area contributed by atoms with Crippen LogP contribution in [0.25, 0.3) is 0 Å². The van der Waals surface area contributed by atoms with E-state index in [9.17, 15) is 15.3 Å². The lowest BCUT2D eigenvalue weighted by atomic mass is 10.1. The second-order valence-corrected chi connectivity index (χ2v) is 2.74. The predicted octanol–water partition coefficient (Wildman–Crippen LogP) is -1.58. The van der Waals surface area contributed by atoms with E-state index in [0.29, 0.717) is 0 Å². The van der Waals surface area contributed by atoms with Crippen LogP contribution in [-0.4, -0.2) is 46.7 Å². The first kappa shape index (κ1) is 8.89. The third-order valence-electron chi connectivity index (χ3n) is 1.93. The minimum absolute atomic E-state index is 0.0312. The molecule has 1 aliphatic rings. The fourth-order valence-electron chi connectivity index (χ4n) is 0.991. The fraction of sp³-hybridized carbons (Fsp3) is 1.00. The molecule has 3 N–H and O–H groups in total. The van der Waals surface area contributed by atoms with Crippen LogP contribution in [0.5, 0.6) is 0 Å². The molecule has 1 heterocycles. The summed E-state index contributed by atoms with van der Waals surface area (Å²) in [6.07, 6.45) is -0.905. The van der Waals surface area contributed by atoms with Gasteiger partial charge in [-0.25, -0.2) is 0 Å². The van der Waals surface area contributed by atoms with Crippen molar-refractivity contribution in [3.05, 3.63) is 0 Å². The highest BCUT2D eigenvalue weighted by atomic mass is 16.7. The van der Waals surface area contributed by atoms with E-state index in [2.05, 4.69) is 9.47 Å². The van der Waals surface area contributed by atoms with Gasteiger partial charge in [-0.1, -0.05) is 0 Å². The van der Waals surface area contributed by atoms with E-state index in [1.54, 1.807) is 0 Å². The molecule has 1 aliphatic heterocycles. The normalized spacial score (nSPS) is 42.8. The van der Waals surface area contributed by atoms with Gasteiger partial charge in [-0.3, -0.25) is 0 Å². The van der Waals surface area contributed by atoms with Gasteiger partial charge in [0.25, 0.3) is 0 Å². The van der Waals surface area contributed by atoms with Gasteiger partial charge >= 0.3 is 0 Å². The van der Waals surface area contributed by atoms with Gasteiger partial charge in [-0.2, -0.15) is 0 Å². The number of rotatable bonds is 1. The highest BCUT2D eigenvalue weighted by Crippen LogP contribution is 2.32. The maximum Gasteiger partial charge on any atom is 0.247 e. The topological polar surface area (TPSA) is 79.2 Å². The van der Waals surface area contributed by atoms with Crippen LogP contribution in [0.3, 0.4) is 0 Å². The molecule has 1 saturated heterocycles. The Morgan fingerprint density at radius 3 is 2.18 bits per heavy atom. The standard InChI is InChI=1S/C6H12O5/c1-5(7)6(8,9)4(10-2)3-11-5/h4,7-9H,3H2,1-2H3. The molecule has 5 heteroatoms. The molecule has 0 saturated carbocycles. The number of aliphatic hydroxyl groups is 3. The molecule has 2 unspecified atom stereocenters. The highest BCUT2D eigenvalue weighted by molar-refractivity contribution is 4.93. The maximum absolute atomic E-state index is 9.24. The molecule has 0 spiro atoms. The van der Waals surface area contributed by atoms with Crippen LogP contribution >= 0.6 is 0 Å². The molecule has 0 bridgehead atoms. The van der Waals surface area contributed by atoms with Crippen molar-refractivity contribution >= 4 is 0 Å². The first-order valence-corrected chi connectivity index (χ1v) is 3.25. The molecule has 2 atom stereocenters. The van der Waals surface area contributed by atoms with Gasteiger partial charge < -0.3 is 24.8 Å². The van der Waals surface area contributed by atoms with Gasteiger partial charge in [0.2, 0.25) is 11.6 Å². The summed E-state index contributed by atoms with van der Waals surface area (Å²) in [5, 5.41) is 27.7. The first-order chi connectivity index (χ1) is 4.92. The van der Waals surface area contributed by atoms with Crippen LogP contribution < -0.4 is 0 Å². The fourth-order valence-corrected chi connectivity index (χ4v) is 0.991. The Hall–Kier alpha value is -0.200. The van der Waals surface area contributed by atoms with E-state index in [1.165, 1.54) is 14.0 Å². The minimum Gasteiger partial charge on any atom is -0.373 e. The third-order valence-corrected chi connectivity index (χ3v) is 1.93. The quantitative estimate of drug-likeness (QED) is 0.408. The molecule has 11 heavy (non-hydrogen) atoms. The molecule has 0 aromatic heterocycles. The maximum atomic E-state index is 9.24. The van der Waals surface area contributed by atoms with E-state index < -0.39 is 17.7 Å². The average molecular weight is 164 g/mol. The smallest absolute Gasteiger partial charge is 0.247 e. The Labute approximate surface area is 64.2 Å². The van der Waals surface area contributed by atoms with Crippen molar-refractivity contribution in [2.45, 2.75) is 24.6 Å². The van der Waals surface area contributed by atoms with Gasteiger partial charge in [0.05, 0.1) is 6.61 Å². The lowest BCUT2D eigenvalue weighted by molar-refractivity contribution is -0.336. The summed E-state index contributed by atoms with van der Waals surface area (Å²) < 4.78 is 9.37. The molecule has 5 nitrogen and oxygen atoms in total. The average Bonchev–Trinajstić information content (AvgIpc) is 2.05. The molecule has 0 amide bonds. The Morgan fingerprint density at radius 2 is 2.00 bits per heavy atom. The molecule has 1 fully saturated rings. The summed E-state index contributed by atoms with van der Waals surface area (Å²) in [5.74, 6) is -4.28. The van der Waals surface area contributed by atoms with Gasteiger partial charge in [-0.05, 0) is 6.92 Å². The Morgan fingerprint density at radius 1 is 1.45 bits per heavy atom. The Balaban J connectivity index is 2.81. The van der Waals surface area contributed by atoms with E-state index in [0.717, 1.165) is 0 Å². The van der Waals surface area contributed by atoms with Crippen LogP contribution in [0, 0.1) is 0 Å². The number of ether oxygens (including phenoxy) is 2. The molecule has 66 valence electrons. The molecule has 0 aromatic carbocycles. The van der Waals surface area contributed by atoms with Gasteiger partial charge in [0.15, 0.2) is 0 Å². The van der Waals surface area contributed by atoms with E-state index in [1.807, 2.05) is 0 Å². The lowest BCUT2D eigenvalue weighted by Gasteiger charge is -2.30. The Kier molecular flexibility index (Phi) is 1.94. The number of hydrogen-bond donors (Lipinski definition) is 3. The first-order valence-electron chi connectivity index (χ1n) is 3.25. The second-order valence-electron chi connectivity index (χ2n) is 2.74. The number of methoxy groups -OCH3 is 1. The van der Waals surface area contributed by atoms with E-state index in [4.69, 9.17) is 0 Å². The monoisotopic (exact) mass is 164 g/mol. The van der Waals surface area contributed by atoms with Crippen molar-refractivity contribution in [2.24, 2.45) is 0 Å². The van der Waals surface area contributed by atoms with Crippen molar-refractivity contribution in [3.8, 4) is 0 Å². The summed E-state index contributed by atoms with van der Waals surface area (Å²) in [7, 11) is 1.32. The van der Waals surface area contributed by atoms with Crippen LogP contribution in [0.4, 0.5) is 0 Å². The zero-order valence-corrected chi connectivity index (χ0v) is 6.44. The SMILES string of the molecule is COC1COC(C)(O)C1(O)O. The van der Waals surface area contributed by atoms with Crippen molar-refractivity contribution in [3.63, 3.8) is 0 Å². The molecule has 0 radical (unpaired) electrons. The zero-order chi connectivity index (χ0) is 8.70. The third kappa shape index (κ3) is 1.15. The van der Waals surface area contributed by atoms with Crippen molar-refractivity contribution in [2.75, 3.05) is 13.7 Å². The van der Waals surface area contributed by atoms with Crippen molar-refractivity contribution in [1.82, 2.24) is 0 Å². The second kappa shape index (κ2) is 2.40. The van der Waals surface area contributed by atoms with Crippen molar-refractivity contribution in [1.29, 1.82) is 0 Å². The Bertz CT molecular complexity index is 153. The summed E-state index contributed by atoms with van der Waals surface area (Å²) in [6.45, 7) is 1.14. The van der Waals surface area contributed by atoms with Crippen LogP contribution in [0.2, 0.25) is 0 Å². The molecular weight excluding hydrogens is 152 g/mol. The molecular formula is C6H12O5. The predicted molar refractivity (Wildman–Crippen MR) is 34.5 cm³/mol. The highest BCUT2D eigenvalue weighted by Gasteiger charge is 2.58. The summed E-state index contributed by atoms with van der Waals surface area (Å²) in [4.78, 5) is 0. The van der Waals surface area contributed by atoms with Gasteiger partial charge in [0.1, 0.15) is 6.10 Å². The summed E-state index contributed by atoms with van der Waals surface area (Å²) in [5.41, 5.74) is 0. The van der Waals surface area contributed by atoms with E-state index >= 15 is 0 Å².